The molecule has 0 aliphatic heterocycles. The minimum atomic E-state index is -0.793. The van der Waals surface area contributed by atoms with E-state index in [-0.39, 0.29) is 31.1 Å². The average Bonchev–Trinajstić information content (AvgIpc) is 3.40. The van der Waals surface area contributed by atoms with Crippen LogP contribution in [-0.4, -0.2) is 37.2 Å². The second-order valence-corrected chi connectivity index (χ2v) is 21.3. The Hall–Kier alpha value is -3.15. The average molecular weight is 1030 g/mol. The van der Waals surface area contributed by atoms with Gasteiger partial charge >= 0.3 is 17.9 Å². The van der Waals surface area contributed by atoms with Gasteiger partial charge in [0.2, 0.25) is 0 Å². The van der Waals surface area contributed by atoms with E-state index in [0.717, 1.165) is 103 Å². The van der Waals surface area contributed by atoms with Gasteiger partial charge in [-0.05, 0) is 109 Å². The zero-order valence-electron chi connectivity index (χ0n) is 49.1. The molecular formula is C68H120O6. The summed E-state index contributed by atoms with van der Waals surface area (Å²) in [5.41, 5.74) is 0. The lowest BCUT2D eigenvalue weighted by molar-refractivity contribution is -0.167. The van der Waals surface area contributed by atoms with Crippen molar-refractivity contribution in [1.82, 2.24) is 0 Å². The van der Waals surface area contributed by atoms with Crippen molar-refractivity contribution in [3.8, 4) is 0 Å². The summed E-state index contributed by atoms with van der Waals surface area (Å²) < 4.78 is 16.9. The summed E-state index contributed by atoms with van der Waals surface area (Å²) in [6.07, 6.45) is 80.5. The molecule has 6 nitrogen and oxygen atoms in total. The van der Waals surface area contributed by atoms with Crippen LogP contribution >= 0.6 is 0 Å². The number of carbonyl (C=O) groups is 3. The van der Waals surface area contributed by atoms with Crippen molar-refractivity contribution in [3.63, 3.8) is 0 Å². The molecule has 1 unspecified atom stereocenters. The number of hydrogen-bond donors (Lipinski definition) is 0. The lowest BCUT2D eigenvalue weighted by atomic mass is 10.0. The Balaban J connectivity index is 4.37. The van der Waals surface area contributed by atoms with Gasteiger partial charge in [0.15, 0.2) is 6.10 Å². The molecule has 0 radical (unpaired) electrons. The fourth-order valence-electron chi connectivity index (χ4n) is 9.13. The van der Waals surface area contributed by atoms with Crippen LogP contribution in [0.15, 0.2) is 72.9 Å². The Morgan fingerprint density at radius 2 is 0.527 bits per heavy atom. The Bertz CT molecular complexity index is 1370. The molecule has 74 heavy (non-hydrogen) atoms. The topological polar surface area (TPSA) is 78.9 Å². The Kier molecular flexibility index (Phi) is 59.7. The molecule has 0 saturated heterocycles. The third kappa shape index (κ3) is 59.7. The molecule has 428 valence electrons. The number of unbranched alkanes of at least 4 members (excludes halogenated alkanes) is 35. The molecular weight excluding hydrogens is 913 g/mol. The second kappa shape index (κ2) is 62.4. The Morgan fingerprint density at radius 1 is 0.284 bits per heavy atom. The van der Waals surface area contributed by atoms with Gasteiger partial charge < -0.3 is 14.2 Å². The molecule has 0 aliphatic carbocycles. The zero-order chi connectivity index (χ0) is 53.6. The number of esters is 3. The molecule has 0 spiro atoms. The van der Waals surface area contributed by atoms with E-state index in [1.54, 1.807) is 0 Å². The minimum Gasteiger partial charge on any atom is -0.462 e. The fourth-order valence-corrected chi connectivity index (χ4v) is 9.13. The van der Waals surface area contributed by atoms with E-state index in [2.05, 4.69) is 93.7 Å². The highest BCUT2D eigenvalue weighted by atomic mass is 16.6. The van der Waals surface area contributed by atoms with Gasteiger partial charge in [-0.25, -0.2) is 0 Å². The van der Waals surface area contributed by atoms with E-state index in [0.29, 0.717) is 19.3 Å². The molecule has 0 rings (SSSR count). The predicted molar refractivity (Wildman–Crippen MR) is 321 cm³/mol. The van der Waals surface area contributed by atoms with Crippen LogP contribution in [0.4, 0.5) is 0 Å². The van der Waals surface area contributed by atoms with Crippen LogP contribution < -0.4 is 0 Å². The smallest absolute Gasteiger partial charge is 0.306 e. The summed E-state index contributed by atoms with van der Waals surface area (Å²) in [4.78, 5) is 38.3. The van der Waals surface area contributed by atoms with Crippen LogP contribution in [0, 0.1) is 0 Å². The summed E-state index contributed by atoms with van der Waals surface area (Å²) in [5.74, 6) is -0.907. The van der Waals surface area contributed by atoms with E-state index in [1.807, 2.05) is 0 Å². The fraction of sp³-hybridized carbons (Fsp3) is 0.779. The van der Waals surface area contributed by atoms with E-state index in [4.69, 9.17) is 14.2 Å². The maximum Gasteiger partial charge on any atom is 0.306 e. The third-order valence-corrected chi connectivity index (χ3v) is 13.9. The number of hydrogen-bond acceptors (Lipinski definition) is 6. The number of carbonyl (C=O) groups excluding carboxylic acids is 3. The molecule has 0 saturated carbocycles. The van der Waals surface area contributed by atoms with Crippen molar-refractivity contribution < 1.29 is 28.6 Å². The van der Waals surface area contributed by atoms with Crippen LogP contribution in [0.1, 0.15) is 323 Å². The maximum absolute atomic E-state index is 12.9. The monoisotopic (exact) mass is 1030 g/mol. The van der Waals surface area contributed by atoms with Crippen LogP contribution in [0.2, 0.25) is 0 Å². The molecule has 0 aromatic rings. The van der Waals surface area contributed by atoms with Gasteiger partial charge in [-0.15, -0.1) is 0 Å². The summed E-state index contributed by atoms with van der Waals surface area (Å²) in [5, 5.41) is 0. The summed E-state index contributed by atoms with van der Waals surface area (Å²) >= 11 is 0. The van der Waals surface area contributed by atoms with Crippen molar-refractivity contribution in [2.24, 2.45) is 0 Å². The van der Waals surface area contributed by atoms with Gasteiger partial charge in [-0.1, -0.05) is 267 Å². The lowest BCUT2D eigenvalue weighted by Crippen LogP contribution is -2.30. The molecule has 0 heterocycles. The largest absolute Gasteiger partial charge is 0.462 e. The van der Waals surface area contributed by atoms with Crippen molar-refractivity contribution in [2.75, 3.05) is 13.2 Å². The molecule has 0 fully saturated rings. The number of ether oxygens (including phenoxy) is 3. The maximum atomic E-state index is 12.9. The van der Waals surface area contributed by atoms with Crippen LogP contribution in [0.5, 0.6) is 0 Å². The highest BCUT2D eigenvalue weighted by Crippen LogP contribution is 2.16. The number of rotatable bonds is 58. The zero-order valence-corrected chi connectivity index (χ0v) is 49.1. The van der Waals surface area contributed by atoms with Gasteiger partial charge in [0.25, 0.3) is 0 Å². The molecule has 0 N–H and O–H groups in total. The quantitative estimate of drug-likeness (QED) is 0.0261. The highest BCUT2D eigenvalue weighted by molar-refractivity contribution is 5.71. The van der Waals surface area contributed by atoms with Crippen molar-refractivity contribution in [1.29, 1.82) is 0 Å². The van der Waals surface area contributed by atoms with Gasteiger partial charge in [-0.2, -0.15) is 0 Å². The first-order valence-electron chi connectivity index (χ1n) is 31.9. The molecule has 6 heteroatoms. The molecule has 0 aromatic heterocycles. The van der Waals surface area contributed by atoms with E-state index < -0.39 is 6.10 Å². The minimum absolute atomic E-state index is 0.0870. The second-order valence-electron chi connectivity index (χ2n) is 21.3. The van der Waals surface area contributed by atoms with Gasteiger partial charge in [0.05, 0.1) is 0 Å². The molecule has 1 atom stereocenters. The van der Waals surface area contributed by atoms with Crippen LogP contribution in [0.3, 0.4) is 0 Å². The predicted octanol–water partition coefficient (Wildman–Crippen LogP) is 21.7. The Labute approximate surface area is 459 Å². The first-order valence-corrected chi connectivity index (χ1v) is 31.9. The number of allylic oxidation sites excluding steroid dienone is 12. The summed E-state index contributed by atoms with van der Waals surface area (Å²) in [6, 6.07) is 0. The first-order chi connectivity index (χ1) is 36.5. The Morgan fingerprint density at radius 3 is 0.838 bits per heavy atom. The van der Waals surface area contributed by atoms with Crippen LogP contribution in [-0.2, 0) is 28.6 Å². The highest BCUT2D eigenvalue weighted by Gasteiger charge is 2.19. The van der Waals surface area contributed by atoms with Crippen LogP contribution in [0.25, 0.3) is 0 Å². The lowest BCUT2D eigenvalue weighted by Gasteiger charge is -2.18. The van der Waals surface area contributed by atoms with Crippen molar-refractivity contribution >= 4 is 17.9 Å². The van der Waals surface area contributed by atoms with Gasteiger partial charge in [0.1, 0.15) is 13.2 Å². The van der Waals surface area contributed by atoms with Crippen molar-refractivity contribution in [2.45, 2.75) is 329 Å². The van der Waals surface area contributed by atoms with Gasteiger partial charge in [0, 0.05) is 19.3 Å². The molecule has 0 aliphatic rings. The normalized spacial score (nSPS) is 12.5. The molecule has 0 amide bonds. The SMILES string of the molecule is CC/C=C\C/C=C\C/C=C\C/C=C\CCCCCCC(=O)OC(COC(=O)CCCCCCC/C=C\CCCCCCCCC)COC(=O)CCCCCCCCCCCCC/C=C\CCCCCCCCCC. The summed E-state index contributed by atoms with van der Waals surface area (Å²) in [6.45, 7) is 6.53. The van der Waals surface area contributed by atoms with E-state index in [1.165, 1.54) is 180 Å². The van der Waals surface area contributed by atoms with Crippen molar-refractivity contribution in [3.05, 3.63) is 72.9 Å². The van der Waals surface area contributed by atoms with Gasteiger partial charge in [-0.3, -0.25) is 14.4 Å². The molecule has 0 aromatic carbocycles. The van der Waals surface area contributed by atoms with E-state index in [9.17, 15) is 14.4 Å². The summed E-state index contributed by atoms with van der Waals surface area (Å²) in [7, 11) is 0. The van der Waals surface area contributed by atoms with E-state index >= 15 is 0 Å². The molecule has 0 bridgehead atoms. The first kappa shape index (κ1) is 70.8. The third-order valence-electron chi connectivity index (χ3n) is 13.9. The standard InChI is InChI=1S/C68H120O6/c1-4-7-10-13-16-19-22-25-28-31-32-33-34-35-36-38-40-43-46-49-52-55-58-61-67(70)73-64-65(63-72-66(69)60-57-54-51-48-45-42-39-30-27-24-21-18-15-12-9-6-3)74-68(71)62-59-56-53-50-47-44-41-37-29-26-23-20-17-14-11-8-5-2/h8,11,17,20,26,29-32,39,41,44,65H,4-7,9-10,12-16,18-19,21-25,27-28,33-38,40,42-43,45-64H2,1-3H3/b11-8-,20-17-,29-26-,32-31-,39-30-,44-41-.